The molecule has 0 saturated carbocycles. The van der Waals surface area contributed by atoms with Crippen molar-refractivity contribution in [1.29, 1.82) is 0 Å². The van der Waals surface area contributed by atoms with Gasteiger partial charge >= 0.3 is 0 Å². The molecular formula is C51H31N3OS. The summed E-state index contributed by atoms with van der Waals surface area (Å²) in [6, 6.07) is 65.5. The van der Waals surface area contributed by atoms with Crippen LogP contribution in [0.5, 0.6) is 0 Å². The minimum atomic E-state index is 0.640. The highest BCUT2D eigenvalue weighted by Crippen LogP contribution is 2.46. The van der Waals surface area contributed by atoms with Gasteiger partial charge in [-0.15, -0.1) is 11.3 Å². The lowest BCUT2D eigenvalue weighted by atomic mass is 9.94. The van der Waals surface area contributed by atoms with E-state index in [-0.39, 0.29) is 0 Å². The molecule has 262 valence electrons. The second-order valence-corrected chi connectivity index (χ2v) is 15.0. The van der Waals surface area contributed by atoms with Crippen LogP contribution in [0, 0.1) is 0 Å². The summed E-state index contributed by atoms with van der Waals surface area (Å²) in [5.74, 6) is 1.92. The third-order valence-corrected chi connectivity index (χ3v) is 11.8. The Morgan fingerprint density at radius 3 is 1.70 bits per heavy atom. The third kappa shape index (κ3) is 5.48. The Hall–Kier alpha value is -7.21. The quantitative estimate of drug-likeness (QED) is 0.171. The van der Waals surface area contributed by atoms with Crippen LogP contribution in [0.3, 0.4) is 0 Å². The van der Waals surface area contributed by atoms with Gasteiger partial charge in [0.2, 0.25) is 0 Å². The van der Waals surface area contributed by atoms with E-state index in [1.807, 2.05) is 59.9 Å². The normalized spacial score (nSPS) is 11.6. The molecule has 0 aliphatic rings. The fourth-order valence-electron chi connectivity index (χ4n) is 7.87. The van der Waals surface area contributed by atoms with E-state index in [0.29, 0.717) is 17.5 Å². The number of furan rings is 1. The number of thiophene rings is 1. The average molecular weight is 734 g/mol. The van der Waals surface area contributed by atoms with Gasteiger partial charge in [0.25, 0.3) is 0 Å². The molecule has 0 atom stereocenters. The average Bonchev–Trinajstić information content (AvgIpc) is 3.86. The number of hydrogen-bond donors (Lipinski definition) is 0. The molecule has 4 nitrogen and oxygen atoms in total. The Balaban J connectivity index is 1.07. The molecule has 0 fully saturated rings. The molecule has 0 aliphatic heterocycles. The van der Waals surface area contributed by atoms with Gasteiger partial charge in [-0.05, 0) is 46.5 Å². The summed E-state index contributed by atoms with van der Waals surface area (Å²) >= 11 is 1.81. The molecule has 0 N–H and O–H groups in total. The zero-order valence-corrected chi connectivity index (χ0v) is 30.9. The molecule has 0 radical (unpaired) electrons. The van der Waals surface area contributed by atoms with Crippen LogP contribution in [-0.4, -0.2) is 15.0 Å². The van der Waals surface area contributed by atoms with Gasteiger partial charge in [-0.1, -0.05) is 164 Å². The van der Waals surface area contributed by atoms with Crippen LogP contribution in [-0.2, 0) is 0 Å². The van der Waals surface area contributed by atoms with Crippen LogP contribution in [0.4, 0.5) is 0 Å². The van der Waals surface area contributed by atoms with Gasteiger partial charge in [-0.2, -0.15) is 0 Å². The minimum Gasteiger partial charge on any atom is -0.455 e. The second-order valence-electron chi connectivity index (χ2n) is 13.9. The summed E-state index contributed by atoms with van der Waals surface area (Å²) in [5.41, 5.74) is 11.5. The maximum atomic E-state index is 6.63. The molecule has 0 aliphatic carbocycles. The number of hydrogen-bond acceptors (Lipinski definition) is 5. The first-order valence-corrected chi connectivity index (χ1v) is 19.5. The number of nitrogens with zero attached hydrogens (tertiary/aromatic N) is 3. The highest BCUT2D eigenvalue weighted by atomic mass is 32.1. The SMILES string of the molecule is c1ccc(-c2cccc(-c3nc(-c4ccccc4)nc(-c4ccc5c(c4)sc4c(-c6ccc(-c7ccccc7)c7oc8ccccc8c67)cccc45)n3)c2)cc1. The van der Waals surface area contributed by atoms with E-state index < -0.39 is 0 Å². The van der Waals surface area contributed by atoms with Crippen molar-refractivity contribution in [2.45, 2.75) is 0 Å². The second kappa shape index (κ2) is 13.3. The molecule has 0 amide bonds. The zero-order valence-electron chi connectivity index (χ0n) is 30.1. The van der Waals surface area contributed by atoms with E-state index in [2.05, 4.69) is 140 Å². The minimum absolute atomic E-state index is 0.640. The van der Waals surface area contributed by atoms with E-state index >= 15 is 0 Å². The molecule has 5 heteroatoms. The lowest BCUT2D eigenvalue weighted by molar-refractivity contribution is 0.670. The maximum Gasteiger partial charge on any atom is 0.164 e. The first-order chi connectivity index (χ1) is 27.7. The van der Waals surface area contributed by atoms with Crippen LogP contribution >= 0.6 is 11.3 Å². The first-order valence-electron chi connectivity index (χ1n) is 18.7. The molecule has 3 heterocycles. The Morgan fingerprint density at radius 1 is 0.357 bits per heavy atom. The Kier molecular flexibility index (Phi) is 7.64. The van der Waals surface area contributed by atoms with E-state index in [1.165, 1.54) is 25.7 Å². The lowest BCUT2D eigenvalue weighted by Gasteiger charge is -2.10. The van der Waals surface area contributed by atoms with Gasteiger partial charge in [-0.25, -0.2) is 15.0 Å². The molecular weight excluding hydrogens is 703 g/mol. The van der Waals surface area contributed by atoms with Crippen LogP contribution in [0.15, 0.2) is 192 Å². The van der Waals surface area contributed by atoms with Gasteiger partial charge in [0.15, 0.2) is 17.5 Å². The van der Waals surface area contributed by atoms with E-state index in [1.54, 1.807) is 0 Å². The fraction of sp³-hybridized carbons (Fsp3) is 0. The molecule has 0 bridgehead atoms. The molecule has 56 heavy (non-hydrogen) atoms. The molecule has 0 spiro atoms. The summed E-state index contributed by atoms with van der Waals surface area (Å²) in [7, 11) is 0. The third-order valence-electron chi connectivity index (χ3n) is 10.6. The molecule has 0 unspecified atom stereocenters. The summed E-state index contributed by atoms with van der Waals surface area (Å²) < 4.78 is 9.04. The van der Waals surface area contributed by atoms with Crippen LogP contribution in [0.1, 0.15) is 0 Å². The topological polar surface area (TPSA) is 51.8 Å². The number of rotatable bonds is 6. The van der Waals surface area contributed by atoms with Gasteiger partial charge in [0.1, 0.15) is 11.2 Å². The highest BCUT2D eigenvalue weighted by molar-refractivity contribution is 7.26. The first kappa shape index (κ1) is 32.2. The smallest absolute Gasteiger partial charge is 0.164 e. The van der Waals surface area contributed by atoms with Crippen molar-refractivity contribution in [3.05, 3.63) is 188 Å². The van der Waals surface area contributed by atoms with Crippen LogP contribution < -0.4 is 0 Å². The molecule has 0 saturated heterocycles. The monoisotopic (exact) mass is 733 g/mol. The zero-order chi connectivity index (χ0) is 37.0. The van der Waals surface area contributed by atoms with E-state index in [0.717, 1.165) is 66.4 Å². The molecule has 11 aromatic rings. The van der Waals surface area contributed by atoms with Gasteiger partial charge in [0, 0.05) is 58.8 Å². The largest absolute Gasteiger partial charge is 0.455 e. The molecule has 3 aromatic heterocycles. The number of fused-ring (bicyclic) bond motifs is 6. The molecule has 11 rings (SSSR count). The van der Waals surface area contributed by atoms with E-state index in [4.69, 9.17) is 19.4 Å². The van der Waals surface area contributed by atoms with Crippen molar-refractivity contribution in [3.63, 3.8) is 0 Å². The Morgan fingerprint density at radius 2 is 0.929 bits per heavy atom. The highest BCUT2D eigenvalue weighted by Gasteiger charge is 2.20. The van der Waals surface area contributed by atoms with E-state index in [9.17, 15) is 0 Å². The van der Waals surface area contributed by atoms with Gasteiger partial charge < -0.3 is 4.42 Å². The van der Waals surface area contributed by atoms with Crippen molar-refractivity contribution in [1.82, 2.24) is 15.0 Å². The summed E-state index contributed by atoms with van der Waals surface area (Å²) in [4.78, 5) is 15.2. The van der Waals surface area contributed by atoms with Crippen LogP contribution in [0.25, 0.3) is 110 Å². The lowest BCUT2D eigenvalue weighted by Crippen LogP contribution is -2.00. The summed E-state index contributed by atoms with van der Waals surface area (Å²) in [5, 5.41) is 4.68. The predicted molar refractivity (Wildman–Crippen MR) is 233 cm³/mol. The van der Waals surface area contributed by atoms with Crippen LogP contribution in [0.2, 0.25) is 0 Å². The number of aromatic nitrogens is 3. The summed E-state index contributed by atoms with van der Waals surface area (Å²) in [6.07, 6.45) is 0. The van der Waals surface area contributed by atoms with Gasteiger partial charge in [-0.3, -0.25) is 0 Å². The molecule has 8 aromatic carbocycles. The fourth-order valence-corrected chi connectivity index (χ4v) is 9.14. The van der Waals surface area contributed by atoms with Crippen molar-refractivity contribution in [2.24, 2.45) is 0 Å². The Bertz CT molecular complexity index is 3240. The summed E-state index contributed by atoms with van der Waals surface area (Å²) in [6.45, 7) is 0. The standard InChI is InChI=1S/C51H31N3OS/c1-4-14-32(15-5-1)35-20-12-21-36(30-35)50-52-49(34-18-8-3-9-19-34)53-51(54-50)37-26-27-39-41-23-13-24-42(48(41)56-45(39)31-37)40-29-28-38(33-16-6-2-7-17-33)47-46(40)43-22-10-11-25-44(43)55-47/h1-31H. The van der Waals surface area contributed by atoms with Crippen molar-refractivity contribution >= 4 is 53.4 Å². The number of benzene rings is 8. The predicted octanol–water partition coefficient (Wildman–Crippen LogP) is 14.1. The van der Waals surface area contributed by atoms with Crippen molar-refractivity contribution in [2.75, 3.05) is 0 Å². The Labute approximate surface area is 327 Å². The van der Waals surface area contributed by atoms with Crippen molar-refractivity contribution < 1.29 is 4.42 Å². The van der Waals surface area contributed by atoms with Crippen molar-refractivity contribution in [3.8, 4) is 67.5 Å². The number of para-hydroxylation sites is 1. The van der Waals surface area contributed by atoms with Gasteiger partial charge in [0.05, 0.1) is 0 Å². The maximum absolute atomic E-state index is 6.63.